The number of carbonyl (C=O) groups excluding carboxylic acids is 1. The lowest BCUT2D eigenvalue weighted by molar-refractivity contribution is -0.116. The number of benzene rings is 1. The van der Waals surface area contributed by atoms with Gasteiger partial charge in [0.1, 0.15) is 11.6 Å². The summed E-state index contributed by atoms with van der Waals surface area (Å²) in [6.07, 6.45) is 2.39. The maximum atomic E-state index is 12.3. The lowest BCUT2D eigenvalue weighted by atomic mass is 10.2. The Morgan fingerprint density at radius 3 is 2.64 bits per heavy atom. The van der Waals surface area contributed by atoms with Crippen LogP contribution in [0.25, 0.3) is 5.82 Å². The average Bonchev–Trinajstić information content (AvgIpc) is 3.00. The molecule has 0 saturated carbocycles. The number of hydrogen-bond acceptors (Lipinski definition) is 4. The van der Waals surface area contributed by atoms with Gasteiger partial charge in [-0.3, -0.25) is 4.79 Å². The summed E-state index contributed by atoms with van der Waals surface area (Å²) in [6, 6.07) is 11.1. The number of ether oxygens (including phenoxy) is 1. The molecule has 0 aliphatic rings. The van der Waals surface area contributed by atoms with Gasteiger partial charge in [0.05, 0.1) is 22.3 Å². The molecule has 0 unspecified atom stereocenters. The van der Waals surface area contributed by atoms with E-state index >= 15 is 0 Å². The van der Waals surface area contributed by atoms with Gasteiger partial charge in [-0.1, -0.05) is 40.9 Å². The summed E-state index contributed by atoms with van der Waals surface area (Å²) in [5.41, 5.74) is 1.90. The Balaban J connectivity index is 1.57. The largest absolute Gasteiger partial charge is 0.494 e. The third-order valence-corrected chi connectivity index (χ3v) is 4.41. The quantitative estimate of drug-likeness (QED) is 0.548. The number of nitrogens with zero attached hydrogens (tertiary/aromatic N) is 3. The highest BCUT2D eigenvalue weighted by molar-refractivity contribution is 6.35. The van der Waals surface area contributed by atoms with Crippen LogP contribution < -0.4 is 10.1 Å². The van der Waals surface area contributed by atoms with Crippen molar-refractivity contribution >= 4 is 34.9 Å². The summed E-state index contributed by atoms with van der Waals surface area (Å²) < 4.78 is 7.14. The van der Waals surface area contributed by atoms with Crippen molar-refractivity contribution in [2.24, 2.45) is 0 Å². The molecule has 0 bridgehead atoms. The Bertz CT molecular complexity index is 971. The number of nitrogens with one attached hydrogen (secondary N) is 1. The first kappa shape index (κ1) is 20.2. The molecule has 28 heavy (non-hydrogen) atoms. The van der Waals surface area contributed by atoms with E-state index in [-0.39, 0.29) is 5.91 Å². The molecule has 3 rings (SSSR count). The number of pyridine rings is 1. The number of hydrogen-bond donors (Lipinski definition) is 1. The zero-order valence-electron chi connectivity index (χ0n) is 15.6. The fourth-order valence-electron chi connectivity index (χ4n) is 2.58. The van der Waals surface area contributed by atoms with E-state index in [0.717, 1.165) is 11.4 Å². The van der Waals surface area contributed by atoms with Gasteiger partial charge in [0, 0.05) is 18.7 Å². The molecular formula is C20H20Cl2N4O2. The van der Waals surface area contributed by atoms with Gasteiger partial charge >= 0.3 is 0 Å². The standard InChI is InChI=1S/C20H20Cl2N4O2/c1-13-5-7-16(8-6-13)28-9-3-4-19(27)24-18-10-14(2)25-26(18)20-17(22)11-15(21)12-23-20/h5-8,10-12H,3-4,9H2,1-2H3,(H,24,27). The SMILES string of the molecule is Cc1ccc(OCCCC(=O)Nc2cc(C)nn2-c2ncc(Cl)cc2Cl)cc1. The number of carbonyl (C=O) groups is 1. The zero-order valence-corrected chi connectivity index (χ0v) is 17.1. The first-order valence-corrected chi connectivity index (χ1v) is 9.55. The molecular weight excluding hydrogens is 399 g/mol. The van der Waals surface area contributed by atoms with Gasteiger partial charge in [-0.2, -0.15) is 9.78 Å². The van der Waals surface area contributed by atoms with E-state index in [1.165, 1.54) is 16.4 Å². The van der Waals surface area contributed by atoms with Crippen LogP contribution in [-0.4, -0.2) is 27.3 Å². The second-order valence-electron chi connectivity index (χ2n) is 6.35. The van der Waals surface area contributed by atoms with Crippen LogP contribution in [0.1, 0.15) is 24.1 Å². The number of amides is 1. The second kappa shape index (κ2) is 9.08. The Labute approximate surface area is 173 Å². The van der Waals surface area contributed by atoms with Crippen LogP contribution in [-0.2, 0) is 4.79 Å². The van der Waals surface area contributed by atoms with Crippen molar-refractivity contribution in [2.45, 2.75) is 26.7 Å². The van der Waals surface area contributed by atoms with Crippen LogP contribution >= 0.6 is 23.2 Å². The molecule has 3 aromatic rings. The molecule has 1 aromatic carbocycles. The summed E-state index contributed by atoms with van der Waals surface area (Å²) in [4.78, 5) is 16.5. The molecule has 0 radical (unpaired) electrons. The minimum Gasteiger partial charge on any atom is -0.494 e. The van der Waals surface area contributed by atoms with Crippen molar-refractivity contribution in [1.82, 2.24) is 14.8 Å². The van der Waals surface area contributed by atoms with Crippen LogP contribution in [0.4, 0.5) is 5.82 Å². The van der Waals surface area contributed by atoms with Gasteiger partial charge in [-0.05, 0) is 38.5 Å². The van der Waals surface area contributed by atoms with E-state index in [1.54, 1.807) is 12.1 Å². The summed E-state index contributed by atoms with van der Waals surface area (Å²) in [7, 11) is 0. The lowest BCUT2D eigenvalue weighted by Gasteiger charge is -2.10. The molecule has 1 N–H and O–H groups in total. The number of rotatable bonds is 7. The van der Waals surface area contributed by atoms with Crippen molar-refractivity contribution < 1.29 is 9.53 Å². The number of aromatic nitrogens is 3. The highest BCUT2D eigenvalue weighted by Gasteiger charge is 2.14. The molecule has 6 nitrogen and oxygen atoms in total. The maximum absolute atomic E-state index is 12.3. The monoisotopic (exact) mass is 418 g/mol. The summed E-state index contributed by atoms with van der Waals surface area (Å²) in [5.74, 6) is 1.55. The molecule has 1 amide bonds. The fourth-order valence-corrected chi connectivity index (χ4v) is 3.04. The van der Waals surface area contributed by atoms with E-state index < -0.39 is 0 Å². The van der Waals surface area contributed by atoms with Gasteiger partial charge in [-0.15, -0.1) is 0 Å². The number of halogens is 2. The number of anilines is 1. The molecule has 146 valence electrons. The summed E-state index contributed by atoms with van der Waals surface area (Å²) >= 11 is 12.1. The molecule has 8 heteroatoms. The first-order chi connectivity index (χ1) is 13.4. The molecule has 0 atom stereocenters. The van der Waals surface area contributed by atoms with Crippen LogP contribution in [0, 0.1) is 13.8 Å². The number of aryl methyl sites for hydroxylation is 2. The Morgan fingerprint density at radius 1 is 1.18 bits per heavy atom. The molecule has 2 aromatic heterocycles. The molecule has 0 aliphatic carbocycles. The third kappa shape index (κ3) is 5.24. The van der Waals surface area contributed by atoms with Crippen molar-refractivity contribution in [2.75, 3.05) is 11.9 Å². The predicted octanol–water partition coefficient (Wildman–Crippen LogP) is 4.99. The van der Waals surface area contributed by atoms with E-state index in [9.17, 15) is 4.79 Å². The van der Waals surface area contributed by atoms with E-state index in [1.807, 2.05) is 38.1 Å². The first-order valence-electron chi connectivity index (χ1n) is 8.80. The molecule has 2 heterocycles. The maximum Gasteiger partial charge on any atom is 0.225 e. The smallest absolute Gasteiger partial charge is 0.225 e. The topological polar surface area (TPSA) is 69.0 Å². The molecule has 0 spiro atoms. The molecule has 0 fully saturated rings. The van der Waals surface area contributed by atoms with Crippen molar-refractivity contribution in [3.05, 3.63) is 63.9 Å². The normalized spacial score (nSPS) is 10.7. The van der Waals surface area contributed by atoms with Crippen LogP contribution in [0.3, 0.4) is 0 Å². The average molecular weight is 419 g/mol. The Kier molecular flexibility index (Phi) is 6.54. The van der Waals surface area contributed by atoms with Gasteiger partial charge in [0.25, 0.3) is 0 Å². The van der Waals surface area contributed by atoms with Gasteiger partial charge in [0.2, 0.25) is 5.91 Å². The lowest BCUT2D eigenvalue weighted by Crippen LogP contribution is -2.16. The van der Waals surface area contributed by atoms with Crippen molar-refractivity contribution in [3.63, 3.8) is 0 Å². The third-order valence-electron chi connectivity index (χ3n) is 3.93. The van der Waals surface area contributed by atoms with E-state index in [0.29, 0.717) is 41.1 Å². The zero-order chi connectivity index (χ0) is 20.1. The highest BCUT2D eigenvalue weighted by atomic mass is 35.5. The summed E-state index contributed by atoms with van der Waals surface area (Å²) in [5, 5.41) is 7.98. The minimum atomic E-state index is -0.140. The molecule has 0 aliphatic heterocycles. The van der Waals surface area contributed by atoms with Gasteiger partial charge < -0.3 is 10.1 Å². The minimum absolute atomic E-state index is 0.140. The van der Waals surface area contributed by atoms with Crippen LogP contribution in [0.2, 0.25) is 10.0 Å². The van der Waals surface area contributed by atoms with Crippen LogP contribution in [0.5, 0.6) is 5.75 Å². The van der Waals surface area contributed by atoms with E-state index in [2.05, 4.69) is 15.4 Å². The summed E-state index contributed by atoms with van der Waals surface area (Å²) in [6.45, 7) is 4.30. The van der Waals surface area contributed by atoms with Crippen molar-refractivity contribution in [3.8, 4) is 11.6 Å². The Hall–Kier alpha value is -2.57. The fraction of sp³-hybridized carbons (Fsp3) is 0.250. The molecule has 0 saturated heterocycles. The highest BCUT2D eigenvalue weighted by Crippen LogP contribution is 2.25. The van der Waals surface area contributed by atoms with Gasteiger partial charge in [-0.25, -0.2) is 4.98 Å². The van der Waals surface area contributed by atoms with Crippen LogP contribution in [0.15, 0.2) is 42.6 Å². The van der Waals surface area contributed by atoms with Gasteiger partial charge in [0.15, 0.2) is 5.82 Å². The second-order valence-corrected chi connectivity index (χ2v) is 7.20. The Morgan fingerprint density at radius 2 is 1.93 bits per heavy atom. The van der Waals surface area contributed by atoms with Crippen molar-refractivity contribution in [1.29, 1.82) is 0 Å². The van der Waals surface area contributed by atoms with E-state index in [4.69, 9.17) is 27.9 Å². The predicted molar refractivity (Wildman–Crippen MR) is 111 cm³/mol.